The van der Waals surface area contributed by atoms with Crippen molar-refractivity contribution in [1.82, 2.24) is 4.98 Å². The van der Waals surface area contributed by atoms with Crippen LogP contribution in [0.5, 0.6) is 5.75 Å². The van der Waals surface area contributed by atoms with Gasteiger partial charge in [-0.1, -0.05) is 15.9 Å². The summed E-state index contributed by atoms with van der Waals surface area (Å²) in [5.74, 6) is 0.802. The van der Waals surface area contributed by atoms with Crippen molar-refractivity contribution in [2.45, 2.75) is 6.92 Å². The smallest absolute Gasteiger partial charge is 0.136 e. The maximum atomic E-state index is 9.50. The lowest BCUT2D eigenvalue weighted by Gasteiger charge is -2.06. The summed E-state index contributed by atoms with van der Waals surface area (Å²) in [6, 6.07) is 15.9. The van der Waals surface area contributed by atoms with Gasteiger partial charge in [-0.2, -0.15) is 5.26 Å². The van der Waals surface area contributed by atoms with Crippen LogP contribution in [0.25, 0.3) is 16.8 Å². The van der Waals surface area contributed by atoms with Gasteiger partial charge in [0.05, 0.1) is 12.8 Å². The third-order valence-electron chi connectivity index (χ3n) is 3.80. The van der Waals surface area contributed by atoms with Crippen LogP contribution in [-0.2, 0) is 0 Å². The van der Waals surface area contributed by atoms with Gasteiger partial charge in [0.15, 0.2) is 0 Å². The van der Waals surface area contributed by atoms with Crippen molar-refractivity contribution in [3.63, 3.8) is 0 Å². The number of benzene rings is 2. The quantitative estimate of drug-likeness (QED) is 0.519. The molecule has 3 aromatic rings. The molecule has 4 nitrogen and oxygen atoms in total. The zero-order chi connectivity index (χ0) is 18.5. The van der Waals surface area contributed by atoms with Crippen LogP contribution in [0.15, 0.2) is 58.5 Å². The van der Waals surface area contributed by atoms with Crippen LogP contribution >= 0.6 is 27.3 Å². The van der Waals surface area contributed by atoms with E-state index in [0.29, 0.717) is 10.6 Å². The summed E-state index contributed by atoms with van der Waals surface area (Å²) in [6.45, 7) is 2.01. The fourth-order valence-electron chi connectivity index (χ4n) is 2.37. The number of nitrogens with zero attached hydrogens (tertiary/aromatic N) is 2. The highest BCUT2D eigenvalue weighted by molar-refractivity contribution is 9.10. The Balaban J connectivity index is 1.82. The number of hydrogen-bond acceptors (Lipinski definition) is 5. The highest BCUT2D eigenvalue weighted by Gasteiger charge is 2.09. The number of methoxy groups -OCH3 is 1. The van der Waals surface area contributed by atoms with Gasteiger partial charge in [0, 0.05) is 27.3 Å². The normalized spacial score (nSPS) is 11.1. The lowest BCUT2D eigenvalue weighted by molar-refractivity contribution is 0.415. The second kappa shape index (κ2) is 8.17. The van der Waals surface area contributed by atoms with Gasteiger partial charge in [0.1, 0.15) is 22.4 Å². The van der Waals surface area contributed by atoms with Gasteiger partial charge in [-0.15, -0.1) is 11.3 Å². The molecule has 0 aliphatic heterocycles. The number of aromatic nitrogens is 1. The van der Waals surface area contributed by atoms with Crippen LogP contribution in [0.3, 0.4) is 0 Å². The summed E-state index contributed by atoms with van der Waals surface area (Å²) in [6.07, 6.45) is 1.70. The molecule has 0 amide bonds. The summed E-state index contributed by atoms with van der Waals surface area (Å²) in [5, 5.41) is 15.3. The summed E-state index contributed by atoms with van der Waals surface area (Å²) in [4.78, 5) is 4.60. The van der Waals surface area contributed by atoms with E-state index < -0.39 is 0 Å². The molecule has 2 aromatic carbocycles. The van der Waals surface area contributed by atoms with Gasteiger partial charge in [-0.05, 0) is 55.0 Å². The lowest BCUT2D eigenvalue weighted by Crippen LogP contribution is -1.93. The number of rotatable bonds is 5. The molecule has 0 saturated carbocycles. The SMILES string of the molecule is COc1ccc(-c2csc(/C(C#N)=C\Nc3ccc(Br)cc3C)n2)cc1. The summed E-state index contributed by atoms with van der Waals surface area (Å²) in [5.41, 5.74) is 4.37. The van der Waals surface area contributed by atoms with Gasteiger partial charge in [0.2, 0.25) is 0 Å². The third-order valence-corrected chi connectivity index (χ3v) is 5.17. The van der Waals surface area contributed by atoms with E-state index in [0.717, 1.165) is 32.7 Å². The molecule has 0 aliphatic rings. The van der Waals surface area contributed by atoms with E-state index in [2.05, 4.69) is 32.3 Å². The molecule has 0 bridgehead atoms. The Bertz CT molecular complexity index is 987. The zero-order valence-corrected chi connectivity index (χ0v) is 16.7. The number of ether oxygens (including phenoxy) is 1. The van der Waals surface area contributed by atoms with Crippen LogP contribution in [0.4, 0.5) is 5.69 Å². The molecule has 3 rings (SSSR count). The van der Waals surface area contributed by atoms with Crippen molar-refractivity contribution in [3.8, 4) is 23.1 Å². The first-order valence-corrected chi connectivity index (χ1v) is 9.51. The molecule has 130 valence electrons. The first-order valence-electron chi connectivity index (χ1n) is 7.84. The van der Waals surface area contributed by atoms with Crippen LogP contribution in [0.1, 0.15) is 10.6 Å². The first kappa shape index (κ1) is 18.2. The van der Waals surface area contributed by atoms with Crippen LogP contribution in [0.2, 0.25) is 0 Å². The van der Waals surface area contributed by atoms with Crippen LogP contribution in [0, 0.1) is 18.3 Å². The Morgan fingerprint density at radius 3 is 2.69 bits per heavy atom. The summed E-state index contributed by atoms with van der Waals surface area (Å²) < 4.78 is 6.20. The number of nitrogens with one attached hydrogen (secondary N) is 1. The van der Waals surface area contributed by atoms with Crippen molar-refractivity contribution < 1.29 is 4.74 Å². The first-order chi connectivity index (χ1) is 12.6. The fraction of sp³-hybridized carbons (Fsp3) is 0.100. The average Bonchev–Trinajstić information content (AvgIpc) is 3.14. The van der Waals surface area contributed by atoms with E-state index in [-0.39, 0.29) is 0 Å². The Morgan fingerprint density at radius 2 is 2.04 bits per heavy atom. The van der Waals surface area contributed by atoms with Crippen LogP contribution in [-0.4, -0.2) is 12.1 Å². The lowest BCUT2D eigenvalue weighted by atomic mass is 10.2. The van der Waals surface area contributed by atoms with Gasteiger partial charge in [-0.3, -0.25) is 0 Å². The van der Waals surface area contributed by atoms with Crippen molar-refractivity contribution in [2.24, 2.45) is 0 Å². The van der Waals surface area contributed by atoms with Crippen LogP contribution < -0.4 is 10.1 Å². The third kappa shape index (κ3) is 4.13. The molecule has 0 unspecified atom stereocenters. The van der Waals surface area contributed by atoms with Crippen molar-refractivity contribution >= 4 is 38.5 Å². The topological polar surface area (TPSA) is 57.9 Å². The van der Waals surface area contributed by atoms with E-state index in [1.165, 1.54) is 11.3 Å². The minimum absolute atomic E-state index is 0.497. The number of hydrogen-bond donors (Lipinski definition) is 1. The van der Waals surface area contributed by atoms with E-state index in [9.17, 15) is 5.26 Å². The fourth-order valence-corrected chi connectivity index (χ4v) is 3.64. The number of halogens is 1. The van der Waals surface area contributed by atoms with E-state index in [1.54, 1.807) is 13.3 Å². The minimum atomic E-state index is 0.497. The Hall–Kier alpha value is -2.62. The molecule has 0 radical (unpaired) electrons. The standard InChI is InChI=1S/C20H16BrN3OS/c1-13-9-16(21)5-8-18(13)23-11-15(10-22)20-24-19(12-26-20)14-3-6-17(25-2)7-4-14/h3-9,11-12,23H,1-2H3/b15-11-. The maximum absolute atomic E-state index is 9.50. The molecular formula is C20H16BrN3OS. The maximum Gasteiger partial charge on any atom is 0.136 e. The molecule has 0 atom stereocenters. The highest BCUT2D eigenvalue weighted by atomic mass is 79.9. The Morgan fingerprint density at radius 1 is 1.27 bits per heavy atom. The predicted molar refractivity (Wildman–Crippen MR) is 110 cm³/mol. The zero-order valence-electron chi connectivity index (χ0n) is 14.3. The Kier molecular flexibility index (Phi) is 5.71. The molecule has 0 aliphatic carbocycles. The van der Waals surface area contributed by atoms with Crippen molar-refractivity contribution in [1.29, 1.82) is 5.26 Å². The van der Waals surface area contributed by atoms with E-state index in [1.807, 2.05) is 54.8 Å². The molecule has 0 saturated heterocycles. The highest BCUT2D eigenvalue weighted by Crippen LogP contribution is 2.28. The van der Waals surface area contributed by atoms with Crippen molar-refractivity contribution in [2.75, 3.05) is 12.4 Å². The number of aryl methyl sites for hydroxylation is 1. The van der Waals surface area contributed by atoms with Gasteiger partial charge < -0.3 is 10.1 Å². The largest absolute Gasteiger partial charge is 0.497 e. The predicted octanol–water partition coefficient (Wildman–Crippen LogP) is 5.87. The number of nitriles is 1. The number of allylic oxidation sites excluding steroid dienone is 1. The molecule has 0 spiro atoms. The molecular weight excluding hydrogens is 410 g/mol. The molecule has 0 fully saturated rings. The summed E-state index contributed by atoms with van der Waals surface area (Å²) in [7, 11) is 1.64. The second-order valence-corrected chi connectivity index (χ2v) is 7.31. The average molecular weight is 426 g/mol. The molecule has 1 heterocycles. The second-order valence-electron chi connectivity index (χ2n) is 5.54. The molecule has 26 heavy (non-hydrogen) atoms. The van der Waals surface area contributed by atoms with Gasteiger partial charge >= 0.3 is 0 Å². The Labute approximate surface area is 164 Å². The summed E-state index contributed by atoms with van der Waals surface area (Å²) >= 11 is 4.90. The van der Waals surface area contributed by atoms with Crippen molar-refractivity contribution in [3.05, 3.63) is 69.1 Å². The monoisotopic (exact) mass is 425 g/mol. The minimum Gasteiger partial charge on any atom is -0.497 e. The van der Waals surface area contributed by atoms with E-state index in [4.69, 9.17) is 4.74 Å². The number of anilines is 1. The number of thiazole rings is 1. The molecule has 1 N–H and O–H groups in total. The van der Waals surface area contributed by atoms with Gasteiger partial charge in [0.25, 0.3) is 0 Å². The van der Waals surface area contributed by atoms with E-state index >= 15 is 0 Å². The molecule has 6 heteroatoms. The van der Waals surface area contributed by atoms with Gasteiger partial charge in [-0.25, -0.2) is 4.98 Å². The molecule has 1 aromatic heterocycles.